The van der Waals surface area contributed by atoms with Crippen LogP contribution in [0.3, 0.4) is 0 Å². The molecule has 226 valence electrons. The van der Waals surface area contributed by atoms with Gasteiger partial charge in [0.1, 0.15) is 11.5 Å². The van der Waals surface area contributed by atoms with Gasteiger partial charge in [-0.05, 0) is 68.8 Å². The lowest BCUT2D eigenvalue weighted by Gasteiger charge is -2.47. The second kappa shape index (κ2) is 12.1. The van der Waals surface area contributed by atoms with Crippen molar-refractivity contribution < 1.29 is 34.8 Å². The van der Waals surface area contributed by atoms with Crippen molar-refractivity contribution in [2.75, 3.05) is 39.7 Å². The number of nitrogens with two attached hydrogens (primary N) is 1. The maximum absolute atomic E-state index is 14.1. The molecule has 0 spiro atoms. The molecule has 0 heterocycles. The van der Waals surface area contributed by atoms with Crippen molar-refractivity contribution in [3.05, 3.63) is 28.3 Å². The van der Waals surface area contributed by atoms with Crippen LogP contribution >= 0.6 is 0 Å². The molecule has 3 aliphatic rings. The van der Waals surface area contributed by atoms with Crippen LogP contribution in [0.4, 0.5) is 5.69 Å². The lowest BCUT2D eigenvalue weighted by Crippen LogP contribution is -2.64. The van der Waals surface area contributed by atoms with Crippen LogP contribution in [-0.4, -0.2) is 89.2 Å². The second-order valence-electron chi connectivity index (χ2n) is 12.6. The minimum Gasteiger partial charge on any atom is -0.507 e. The minimum atomic E-state index is -2.68. The largest absolute Gasteiger partial charge is 0.507 e. The van der Waals surface area contributed by atoms with Crippen LogP contribution in [0.25, 0.3) is 5.76 Å². The average molecular weight is 572 g/mol. The number of nitrogens with zero attached hydrogens (tertiary/aromatic N) is 2. The zero-order chi connectivity index (χ0) is 30.2. The quantitative estimate of drug-likeness (QED) is 0.265. The molecule has 2 saturated carbocycles. The molecule has 10 heteroatoms. The molecule has 0 aliphatic heterocycles. The van der Waals surface area contributed by atoms with Crippen LogP contribution < -0.4 is 10.6 Å². The third kappa shape index (κ3) is 5.61. The zero-order valence-corrected chi connectivity index (χ0v) is 24.7. The van der Waals surface area contributed by atoms with E-state index in [9.17, 15) is 34.8 Å². The van der Waals surface area contributed by atoms with Gasteiger partial charge in [-0.3, -0.25) is 14.4 Å². The maximum atomic E-state index is 14.1. The molecule has 4 rings (SSSR count). The van der Waals surface area contributed by atoms with Crippen LogP contribution in [0.15, 0.2) is 11.6 Å². The first kappa shape index (κ1) is 31.0. The van der Waals surface area contributed by atoms with Crippen molar-refractivity contribution in [3.8, 4) is 5.75 Å². The van der Waals surface area contributed by atoms with Crippen LogP contribution in [0.5, 0.6) is 5.75 Å². The zero-order valence-electron chi connectivity index (χ0n) is 24.7. The van der Waals surface area contributed by atoms with E-state index >= 15 is 0 Å². The molecule has 10 nitrogen and oxygen atoms in total. The number of carbonyl (C=O) groups excluding carboxylic acids is 3. The molecule has 1 aromatic rings. The molecule has 4 atom stereocenters. The van der Waals surface area contributed by atoms with E-state index in [1.807, 2.05) is 25.1 Å². The maximum Gasteiger partial charge on any atom is 0.225 e. The highest BCUT2D eigenvalue weighted by Crippen LogP contribution is 2.51. The normalized spacial score (nSPS) is 25.6. The summed E-state index contributed by atoms with van der Waals surface area (Å²) in [5.74, 6) is -4.67. The number of hydrogen-bond acceptors (Lipinski definition) is 9. The highest BCUT2D eigenvalue weighted by Gasteiger charge is 2.60. The topological polar surface area (TPSA) is 165 Å². The van der Waals surface area contributed by atoms with Gasteiger partial charge in [0.2, 0.25) is 11.7 Å². The molecule has 1 aromatic carbocycles. The number of anilines is 1. The van der Waals surface area contributed by atoms with E-state index in [4.69, 9.17) is 5.73 Å². The van der Waals surface area contributed by atoms with Crippen molar-refractivity contribution in [2.24, 2.45) is 23.5 Å². The highest BCUT2D eigenvalue weighted by molar-refractivity contribution is 6.23. The summed E-state index contributed by atoms with van der Waals surface area (Å²) in [6.45, 7) is -0.445. The number of aliphatic hydroxyl groups is 3. The number of phenols is 1. The third-order valence-electron chi connectivity index (χ3n) is 9.58. The van der Waals surface area contributed by atoms with Crippen LogP contribution in [-0.2, 0) is 27.2 Å². The first-order chi connectivity index (χ1) is 19.3. The number of benzene rings is 1. The molecular weight excluding hydrogens is 526 g/mol. The summed E-state index contributed by atoms with van der Waals surface area (Å²) in [5.41, 5.74) is 4.80. The fourth-order valence-electron chi connectivity index (χ4n) is 7.37. The fraction of sp³-hybridized carbons (Fsp3) is 0.645. The van der Waals surface area contributed by atoms with Crippen molar-refractivity contribution in [3.63, 3.8) is 0 Å². The van der Waals surface area contributed by atoms with E-state index < -0.39 is 59.7 Å². The van der Waals surface area contributed by atoms with Crippen molar-refractivity contribution in [1.82, 2.24) is 4.90 Å². The summed E-state index contributed by atoms with van der Waals surface area (Å²) in [4.78, 5) is 42.6. The number of Topliss-reactive ketones (excluding diaryl/α,β-unsaturated/α-hetero) is 2. The summed E-state index contributed by atoms with van der Waals surface area (Å²) in [5, 5.41) is 45.1. The van der Waals surface area contributed by atoms with Crippen molar-refractivity contribution >= 4 is 28.9 Å². The Morgan fingerprint density at radius 3 is 2.34 bits per heavy atom. The lowest BCUT2D eigenvalue weighted by molar-refractivity contribution is -0.163. The van der Waals surface area contributed by atoms with Gasteiger partial charge >= 0.3 is 0 Å². The van der Waals surface area contributed by atoms with E-state index in [1.165, 1.54) is 32.1 Å². The smallest absolute Gasteiger partial charge is 0.225 e. The molecule has 2 fully saturated rings. The molecule has 0 aromatic heterocycles. The monoisotopic (exact) mass is 571 g/mol. The first-order valence-electron chi connectivity index (χ1n) is 14.7. The minimum absolute atomic E-state index is 0.0893. The Morgan fingerprint density at radius 2 is 1.78 bits per heavy atom. The van der Waals surface area contributed by atoms with Crippen molar-refractivity contribution in [1.29, 1.82) is 0 Å². The van der Waals surface area contributed by atoms with Gasteiger partial charge in [-0.25, -0.2) is 0 Å². The number of hydrogen-bond donors (Lipinski definition) is 5. The van der Waals surface area contributed by atoms with E-state index in [1.54, 1.807) is 19.0 Å². The number of amides is 1. The van der Waals surface area contributed by atoms with Crippen LogP contribution in [0.1, 0.15) is 68.1 Å². The van der Waals surface area contributed by atoms with Gasteiger partial charge in [-0.1, -0.05) is 32.1 Å². The Hall–Kier alpha value is -2.95. The van der Waals surface area contributed by atoms with Gasteiger partial charge < -0.3 is 36.0 Å². The number of carbonyl (C=O) groups is 3. The molecule has 6 N–H and O–H groups in total. The predicted molar refractivity (Wildman–Crippen MR) is 156 cm³/mol. The van der Waals surface area contributed by atoms with Crippen molar-refractivity contribution in [2.45, 2.75) is 75.9 Å². The summed E-state index contributed by atoms with van der Waals surface area (Å²) in [7, 11) is 7.11. The number of ketones is 2. The van der Waals surface area contributed by atoms with Gasteiger partial charge in [0, 0.05) is 37.3 Å². The average Bonchev–Trinajstić information content (AvgIpc) is 2.91. The van der Waals surface area contributed by atoms with E-state index in [-0.39, 0.29) is 29.7 Å². The number of fused-ring (bicyclic) bond motifs is 2. The molecular formula is C31H45N3O7. The molecule has 0 saturated heterocycles. The second-order valence-corrected chi connectivity index (χ2v) is 12.6. The van der Waals surface area contributed by atoms with Crippen LogP contribution in [0.2, 0.25) is 0 Å². The van der Waals surface area contributed by atoms with E-state index in [0.29, 0.717) is 23.5 Å². The number of aryl methyl sites for hydroxylation is 1. The Labute approximate surface area is 241 Å². The Morgan fingerprint density at radius 1 is 1.12 bits per heavy atom. The molecule has 0 bridgehead atoms. The summed E-state index contributed by atoms with van der Waals surface area (Å²) in [6, 6.07) is 1.18. The lowest BCUT2D eigenvalue weighted by atomic mass is 9.59. The van der Waals surface area contributed by atoms with Gasteiger partial charge in [0.25, 0.3) is 0 Å². The molecule has 1 unspecified atom stereocenters. The summed E-state index contributed by atoms with van der Waals surface area (Å²) in [6.07, 6.45) is 7.05. The van der Waals surface area contributed by atoms with Gasteiger partial charge in [-0.2, -0.15) is 0 Å². The van der Waals surface area contributed by atoms with Gasteiger partial charge in [0.15, 0.2) is 11.4 Å². The molecule has 3 aliphatic carbocycles. The number of aromatic hydroxyl groups is 1. The van der Waals surface area contributed by atoms with E-state index in [2.05, 4.69) is 0 Å². The number of rotatable bonds is 10. The summed E-state index contributed by atoms with van der Waals surface area (Å²) < 4.78 is 0. The molecule has 41 heavy (non-hydrogen) atoms. The first-order valence-corrected chi connectivity index (χ1v) is 14.7. The highest BCUT2D eigenvalue weighted by atomic mass is 16.3. The SMILES string of the molecule is CN(C)c1cc(CCC2CCCCC2)c(O)c2c1C[C@H]1C[C@@H](C(CO)N(C)C)[C@@](O)(C(=O)CC(N)=O)C(=O)C1=C2O. The standard InChI is InChI=1S/C31H45N3O7/c1-33(2)22-14-18(11-10-17-8-6-5-7-9-17)28(38)27-20(22)12-19-13-21(23(16-35)34(3)4)31(41,24(36)15-25(32)37)30(40)26(19)29(27)39/h14,17,19,21,23,35,38-39,41H,5-13,15-16H2,1-4H3,(H2,32,37)/t19-,21-,23?,31+/m0/s1. The Bertz CT molecular complexity index is 1230. The number of aliphatic hydroxyl groups excluding tert-OH is 2. The van der Waals surface area contributed by atoms with Gasteiger partial charge in [0.05, 0.1) is 18.6 Å². The van der Waals surface area contributed by atoms with E-state index in [0.717, 1.165) is 12.1 Å². The third-order valence-corrected chi connectivity index (χ3v) is 9.58. The fourth-order valence-corrected chi connectivity index (χ4v) is 7.37. The molecule has 1 amide bonds. The number of likely N-dealkylation sites (N-methyl/N-ethyl adjacent to an activating group) is 1. The summed E-state index contributed by atoms with van der Waals surface area (Å²) >= 11 is 0. The Balaban J connectivity index is 1.84. The Kier molecular flexibility index (Phi) is 9.16. The molecule has 0 radical (unpaired) electrons. The predicted octanol–water partition coefficient (Wildman–Crippen LogP) is 2.10. The van der Waals surface area contributed by atoms with Gasteiger partial charge in [-0.15, -0.1) is 0 Å². The number of phenolic OH excluding ortho intramolecular Hbond substituents is 1. The van der Waals surface area contributed by atoms with Crippen LogP contribution in [0, 0.1) is 17.8 Å². The number of primary amides is 1.